The molecule has 0 heterocycles. The van der Waals surface area contributed by atoms with Crippen LogP contribution in [0.1, 0.15) is 25.0 Å². The quantitative estimate of drug-likeness (QED) is 0.884. The van der Waals surface area contributed by atoms with Crippen LogP contribution < -0.4 is 15.2 Å². The minimum absolute atomic E-state index is 0.101. The first-order valence-corrected chi connectivity index (χ1v) is 5.68. The largest absolute Gasteiger partial charge is 0.493 e. The highest BCUT2D eigenvalue weighted by Gasteiger charge is 2.27. The number of methoxy groups -OCH3 is 2. The zero-order chi connectivity index (χ0) is 13.9. The molecule has 0 spiro atoms. The molecule has 0 aliphatic carbocycles. The lowest BCUT2D eigenvalue weighted by Gasteiger charge is -2.19. The van der Waals surface area contributed by atoms with Crippen LogP contribution >= 0.6 is 0 Å². The van der Waals surface area contributed by atoms with Crippen molar-refractivity contribution in [3.8, 4) is 11.5 Å². The number of halogens is 2. The van der Waals surface area contributed by atoms with Gasteiger partial charge in [0, 0.05) is 18.5 Å². The van der Waals surface area contributed by atoms with Crippen molar-refractivity contribution in [1.29, 1.82) is 0 Å². The minimum Gasteiger partial charge on any atom is -0.493 e. The summed E-state index contributed by atoms with van der Waals surface area (Å²) in [4.78, 5) is 0. The van der Waals surface area contributed by atoms with E-state index in [0.717, 1.165) is 6.92 Å². The summed E-state index contributed by atoms with van der Waals surface area (Å²) in [5.41, 5.74) is 6.24. The fourth-order valence-corrected chi connectivity index (χ4v) is 1.80. The summed E-state index contributed by atoms with van der Waals surface area (Å²) in [7, 11) is 2.90. The third-order valence-electron chi connectivity index (χ3n) is 2.60. The van der Waals surface area contributed by atoms with Gasteiger partial charge in [-0.1, -0.05) is 0 Å². The van der Waals surface area contributed by atoms with Gasteiger partial charge in [0.2, 0.25) is 0 Å². The molecule has 2 N–H and O–H groups in total. The van der Waals surface area contributed by atoms with Crippen molar-refractivity contribution in [2.45, 2.75) is 32.2 Å². The Hall–Kier alpha value is -1.36. The van der Waals surface area contributed by atoms with Gasteiger partial charge >= 0.3 is 0 Å². The minimum atomic E-state index is -2.92. The Labute approximate surface area is 106 Å². The van der Waals surface area contributed by atoms with E-state index >= 15 is 0 Å². The molecule has 1 atom stereocenters. The van der Waals surface area contributed by atoms with Crippen LogP contribution in [-0.2, 0) is 12.3 Å². The number of benzene rings is 1. The summed E-state index contributed by atoms with van der Waals surface area (Å²) in [6.45, 7) is 2.66. The summed E-state index contributed by atoms with van der Waals surface area (Å²) in [5, 5.41) is 0. The monoisotopic (exact) mass is 259 g/mol. The second-order valence-electron chi connectivity index (χ2n) is 4.44. The van der Waals surface area contributed by atoms with Gasteiger partial charge in [0.1, 0.15) is 0 Å². The van der Waals surface area contributed by atoms with E-state index in [2.05, 4.69) is 0 Å². The Morgan fingerprint density at radius 3 is 2.28 bits per heavy atom. The third-order valence-corrected chi connectivity index (χ3v) is 2.60. The van der Waals surface area contributed by atoms with E-state index in [1.165, 1.54) is 26.4 Å². The highest BCUT2D eigenvalue weighted by atomic mass is 19.3. The molecule has 0 aliphatic heterocycles. The van der Waals surface area contributed by atoms with Crippen molar-refractivity contribution in [2.24, 2.45) is 5.73 Å². The summed E-state index contributed by atoms with van der Waals surface area (Å²) in [5.74, 6) is -2.17. The number of hydrogen-bond donors (Lipinski definition) is 1. The van der Waals surface area contributed by atoms with E-state index in [0.29, 0.717) is 23.5 Å². The van der Waals surface area contributed by atoms with Gasteiger partial charge in [-0.3, -0.25) is 0 Å². The standard InChI is InChI=1S/C13H19F2NO2/c1-8(16)5-9-6-10(13(2,14)15)7-11(17-3)12(9)18-4/h6-8H,5,16H2,1-4H3. The number of rotatable bonds is 5. The normalized spacial score (nSPS) is 13.3. The van der Waals surface area contributed by atoms with E-state index in [-0.39, 0.29) is 11.6 Å². The van der Waals surface area contributed by atoms with Crippen LogP contribution in [-0.4, -0.2) is 20.3 Å². The molecule has 0 saturated carbocycles. The molecule has 3 nitrogen and oxygen atoms in total. The van der Waals surface area contributed by atoms with E-state index in [1.54, 1.807) is 0 Å². The fourth-order valence-electron chi connectivity index (χ4n) is 1.80. The van der Waals surface area contributed by atoms with Crippen LogP contribution in [0.5, 0.6) is 11.5 Å². The highest BCUT2D eigenvalue weighted by molar-refractivity contribution is 5.50. The molecule has 102 valence electrons. The summed E-state index contributed by atoms with van der Waals surface area (Å²) in [6, 6.07) is 2.57. The molecule has 18 heavy (non-hydrogen) atoms. The Kier molecular flexibility index (Phi) is 4.51. The Balaban J connectivity index is 3.36. The average Bonchev–Trinajstić information content (AvgIpc) is 2.25. The molecule has 1 aromatic rings. The molecule has 1 unspecified atom stereocenters. The van der Waals surface area contributed by atoms with Gasteiger partial charge in [-0.25, -0.2) is 8.78 Å². The SMILES string of the molecule is COc1cc(C(C)(F)F)cc(CC(C)N)c1OC. The molecular formula is C13H19F2NO2. The van der Waals surface area contributed by atoms with Crippen molar-refractivity contribution in [3.05, 3.63) is 23.3 Å². The first kappa shape index (κ1) is 14.7. The van der Waals surface area contributed by atoms with Gasteiger partial charge < -0.3 is 15.2 Å². The maximum atomic E-state index is 13.4. The molecule has 1 rings (SSSR count). The molecule has 5 heteroatoms. The molecule has 0 aromatic heterocycles. The zero-order valence-corrected chi connectivity index (χ0v) is 11.1. The van der Waals surface area contributed by atoms with Gasteiger partial charge in [0.05, 0.1) is 14.2 Å². The fraction of sp³-hybridized carbons (Fsp3) is 0.538. The lowest BCUT2D eigenvalue weighted by Crippen LogP contribution is -2.19. The van der Waals surface area contributed by atoms with Crippen molar-refractivity contribution >= 4 is 0 Å². The lowest BCUT2D eigenvalue weighted by molar-refractivity contribution is 0.0171. The smallest absolute Gasteiger partial charge is 0.270 e. The van der Waals surface area contributed by atoms with Crippen LogP contribution in [0, 0.1) is 0 Å². The molecule has 0 fully saturated rings. The van der Waals surface area contributed by atoms with Crippen LogP contribution in [0.4, 0.5) is 8.78 Å². The first-order chi connectivity index (χ1) is 8.29. The topological polar surface area (TPSA) is 44.5 Å². The number of alkyl halides is 2. The van der Waals surface area contributed by atoms with E-state index < -0.39 is 5.92 Å². The maximum Gasteiger partial charge on any atom is 0.270 e. The molecule has 0 saturated heterocycles. The van der Waals surface area contributed by atoms with E-state index in [4.69, 9.17) is 15.2 Å². The predicted octanol–water partition coefficient (Wildman–Crippen LogP) is 2.71. The molecule has 0 amide bonds. The lowest BCUT2D eigenvalue weighted by atomic mass is 10.00. The van der Waals surface area contributed by atoms with Gasteiger partial charge in [-0.05, 0) is 31.0 Å². The summed E-state index contributed by atoms with van der Waals surface area (Å²) in [6.07, 6.45) is 0.448. The number of nitrogens with two attached hydrogens (primary N) is 1. The predicted molar refractivity (Wildman–Crippen MR) is 66.5 cm³/mol. The summed E-state index contributed by atoms with van der Waals surface area (Å²) < 4.78 is 37.1. The van der Waals surface area contributed by atoms with Crippen molar-refractivity contribution in [2.75, 3.05) is 14.2 Å². The van der Waals surface area contributed by atoms with Gasteiger partial charge in [0.25, 0.3) is 5.92 Å². The molecular weight excluding hydrogens is 240 g/mol. The van der Waals surface area contributed by atoms with Gasteiger partial charge in [-0.15, -0.1) is 0 Å². The van der Waals surface area contributed by atoms with Crippen molar-refractivity contribution in [3.63, 3.8) is 0 Å². The second-order valence-corrected chi connectivity index (χ2v) is 4.44. The van der Waals surface area contributed by atoms with Crippen LogP contribution in [0.2, 0.25) is 0 Å². The first-order valence-electron chi connectivity index (χ1n) is 5.68. The van der Waals surface area contributed by atoms with Crippen LogP contribution in [0.3, 0.4) is 0 Å². The number of hydrogen-bond acceptors (Lipinski definition) is 3. The van der Waals surface area contributed by atoms with Gasteiger partial charge in [0.15, 0.2) is 11.5 Å². The van der Waals surface area contributed by atoms with E-state index in [1.807, 2.05) is 6.92 Å². The molecule has 0 bridgehead atoms. The second kappa shape index (κ2) is 5.52. The highest BCUT2D eigenvalue weighted by Crippen LogP contribution is 2.38. The molecule has 1 aromatic carbocycles. The maximum absolute atomic E-state index is 13.4. The van der Waals surface area contributed by atoms with Crippen LogP contribution in [0.25, 0.3) is 0 Å². The van der Waals surface area contributed by atoms with Crippen LogP contribution in [0.15, 0.2) is 12.1 Å². The Morgan fingerprint density at radius 1 is 1.28 bits per heavy atom. The van der Waals surface area contributed by atoms with Crippen molar-refractivity contribution < 1.29 is 18.3 Å². The summed E-state index contributed by atoms with van der Waals surface area (Å²) >= 11 is 0. The number of ether oxygens (including phenoxy) is 2. The average molecular weight is 259 g/mol. The third kappa shape index (κ3) is 3.32. The Bertz CT molecular complexity index is 414. The van der Waals surface area contributed by atoms with E-state index in [9.17, 15) is 8.78 Å². The zero-order valence-electron chi connectivity index (χ0n) is 11.1. The molecule has 0 aliphatic rings. The molecule has 0 radical (unpaired) electrons. The Morgan fingerprint density at radius 2 is 1.89 bits per heavy atom. The van der Waals surface area contributed by atoms with Gasteiger partial charge in [-0.2, -0.15) is 0 Å². The van der Waals surface area contributed by atoms with Crippen molar-refractivity contribution in [1.82, 2.24) is 0 Å².